The van der Waals surface area contributed by atoms with Gasteiger partial charge in [0.15, 0.2) is 22.9 Å². The van der Waals surface area contributed by atoms with Crippen LogP contribution in [0.1, 0.15) is 24.3 Å². The summed E-state index contributed by atoms with van der Waals surface area (Å²) in [4.78, 5) is 59.9. The van der Waals surface area contributed by atoms with Gasteiger partial charge in [0.2, 0.25) is 11.7 Å². The van der Waals surface area contributed by atoms with E-state index in [0.29, 0.717) is 26.9 Å². The van der Waals surface area contributed by atoms with Gasteiger partial charge in [0.05, 0.1) is 16.4 Å². The quantitative estimate of drug-likeness (QED) is 0.350. The van der Waals surface area contributed by atoms with Crippen LogP contribution in [0.5, 0.6) is 0 Å². The molecule has 1 fully saturated rings. The van der Waals surface area contributed by atoms with Crippen LogP contribution in [0.3, 0.4) is 0 Å². The molecule has 2 aromatic carbocycles. The number of fused-ring (bicyclic) bond motifs is 2. The average Bonchev–Trinajstić information content (AvgIpc) is 3.44. The molecule has 0 spiro atoms. The highest BCUT2D eigenvalue weighted by Gasteiger charge is 2.54. The molecule has 0 radical (unpaired) electrons. The van der Waals surface area contributed by atoms with Gasteiger partial charge in [-0.25, -0.2) is 14.7 Å². The third-order valence-corrected chi connectivity index (χ3v) is 5.27. The van der Waals surface area contributed by atoms with Gasteiger partial charge in [-0.2, -0.15) is 0 Å². The Hall–Kier alpha value is -4.54. The number of anilines is 1. The number of nitrogens with one attached hydrogen (secondary N) is 2. The number of cyclic esters (lactones) is 1. The Morgan fingerprint density at radius 1 is 1.09 bits per heavy atom. The van der Waals surface area contributed by atoms with Crippen molar-refractivity contribution >= 4 is 51.6 Å². The van der Waals surface area contributed by atoms with Gasteiger partial charge in [-0.05, 0) is 38.1 Å². The highest BCUT2D eigenvalue weighted by molar-refractivity contribution is 6.23. The average molecular weight is 447 g/mol. The summed E-state index contributed by atoms with van der Waals surface area (Å²) in [6, 6.07) is 11.7. The number of H-pyrrole nitrogens is 1. The van der Waals surface area contributed by atoms with Crippen LogP contribution in [0.4, 0.5) is 10.7 Å². The molecule has 0 saturated carbocycles. The number of benzene rings is 2. The molecule has 1 atom stereocenters. The van der Waals surface area contributed by atoms with E-state index in [1.807, 2.05) is 0 Å². The Labute approximate surface area is 185 Å². The molecular weight excluding hydrogens is 430 g/mol. The molecular formula is C22H17N5O6. The largest absolute Gasteiger partial charge is 0.433 e. The topological polar surface area (TPSA) is 147 Å². The van der Waals surface area contributed by atoms with Crippen LogP contribution < -0.4 is 5.32 Å². The van der Waals surface area contributed by atoms with Gasteiger partial charge in [-0.15, -0.1) is 0 Å². The zero-order valence-electron chi connectivity index (χ0n) is 17.5. The molecule has 5 rings (SSSR count). The normalized spacial score (nSPS) is 16.2. The minimum Gasteiger partial charge on any atom is -0.433 e. The van der Waals surface area contributed by atoms with Crippen molar-refractivity contribution in [2.24, 2.45) is 0 Å². The number of rotatable bonds is 5. The number of imidazole rings is 1. The molecule has 11 heteroatoms. The van der Waals surface area contributed by atoms with E-state index < -0.39 is 35.3 Å². The van der Waals surface area contributed by atoms with Crippen molar-refractivity contribution in [1.29, 1.82) is 0 Å². The van der Waals surface area contributed by atoms with E-state index in [-0.39, 0.29) is 11.6 Å². The van der Waals surface area contributed by atoms with E-state index in [4.69, 9.17) is 9.26 Å². The van der Waals surface area contributed by atoms with Crippen molar-refractivity contribution in [1.82, 2.24) is 20.0 Å². The summed E-state index contributed by atoms with van der Waals surface area (Å²) in [5.74, 6) is -2.66. The number of Topliss-reactive ketones (excluding diaryl/α,β-unsaturated/α-hetero) is 1. The SMILES string of the molecule is CC1(C)OC(=O)N(C(C(=O)Nc2nc3ccccc3[nH]2)C(=O)c2noc3ccccc23)C1=O. The van der Waals surface area contributed by atoms with Crippen molar-refractivity contribution in [3.05, 3.63) is 54.2 Å². The predicted octanol–water partition coefficient (Wildman–Crippen LogP) is 2.65. The Bertz CT molecular complexity index is 1420. The number of carbonyl (C=O) groups excluding carboxylic acids is 4. The van der Waals surface area contributed by atoms with Crippen molar-refractivity contribution < 1.29 is 28.4 Å². The van der Waals surface area contributed by atoms with Gasteiger partial charge in [0, 0.05) is 0 Å². The lowest BCUT2D eigenvalue weighted by Crippen LogP contribution is -2.53. The monoisotopic (exact) mass is 447 g/mol. The van der Waals surface area contributed by atoms with E-state index in [1.54, 1.807) is 48.5 Å². The van der Waals surface area contributed by atoms with Crippen molar-refractivity contribution in [3.8, 4) is 0 Å². The summed E-state index contributed by atoms with van der Waals surface area (Å²) in [5.41, 5.74) is -0.193. The number of imide groups is 1. The summed E-state index contributed by atoms with van der Waals surface area (Å²) in [6.45, 7) is 2.74. The molecule has 33 heavy (non-hydrogen) atoms. The highest BCUT2D eigenvalue weighted by Crippen LogP contribution is 2.29. The number of hydrogen-bond acceptors (Lipinski definition) is 8. The third kappa shape index (κ3) is 3.30. The highest BCUT2D eigenvalue weighted by atomic mass is 16.6. The molecule has 1 saturated heterocycles. The number of ether oxygens (including phenoxy) is 1. The lowest BCUT2D eigenvalue weighted by atomic mass is 10.0. The molecule has 1 aliphatic heterocycles. The number of aromatic amines is 1. The van der Waals surface area contributed by atoms with Crippen LogP contribution >= 0.6 is 0 Å². The predicted molar refractivity (Wildman–Crippen MR) is 114 cm³/mol. The molecule has 0 bridgehead atoms. The summed E-state index contributed by atoms with van der Waals surface area (Å²) in [7, 11) is 0. The fraction of sp³-hybridized carbons (Fsp3) is 0.182. The van der Waals surface area contributed by atoms with Crippen LogP contribution in [-0.4, -0.2) is 55.4 Å². The summed E-state index contributed by atoms with van der Waals surface area (Å²) in [5, 5.41) is 6.60. The smallest absolute Gasteiger partial charge is 0.418 e. The van der Waals surface area contributed by atoms with Gasteiger partial charge < -0.3 is 14.2 Å². The lowest BCUT2D eigenvalue weighted by molar-refractivity contribution is -0.137. The Balaban J connectivity index is 1.56. The molecule has 2 aromatic heterocycles. The zero-order chi connectivity index (χ0) is 23.3. The van der Waals surface area contributed by atoms with Crippen molar-refractivity contribution in [3.63, 3.8) is 0 Å². The van der Waals surface area contributed by atoms with Gasteiger partial charge in [-0.3, -0.25) is 19.7 Å². The third-order valence-electron chi connectivity index (χ3n) is 5.27. The van der Waals surface area contributed by atoms with Gasteiger partial charge >= 0.3 is 6.09 Å². The minimum absolute atomic E-state index is 0.0447. The van der Waals surface area contributed by atoms with E-state index >= 15 is 0 Å². The second-order valence-electron chi connectivity index (χ2n) is 7.94. The lowest BCUT2D eigenvalue weighted by Gasteiger charge is -2.21. The number of amides is 3. The first-order chi connectivity index (χ1) is 15.8. The summed E-state index contributed by atoms with van der Waals surface area (Å²) in [6.07, 6.45) is -1.11. The molecule has 3 heterocycles. The molecule has 1 aliphatic rings. The van der Waals surface area contributed by atoms with Crippen LogP contribution in [0.2, 0.25) is 0 Å². The second kappa shape index (κ2) is 7.26. The molecule has 3 amide bonds. The molecule has 166 valence electrons. The first-order valence-corrected chi connectivity index (χ1v) is 9.97. The van der Waals surface area contributed by atoms with Crippen LogP contribution in [-0.2, 0) is 14.3 Å². The van der Waals surface area contributed by atoms with Gasteiger partial charge in [0.25, 0.3) is 11.8 Å². The maximum atomic E-state index is 13.5. The Morgan fingerprint density at radius 2 is 1.82 bits per heavy atom. The minimum atomic E-state index is -1.89. The zero-order valence-corrected chi connectivity index (χ0v) is 17.5. The van der Waals surface area contributed by atoms with Gasteiger partial charge in [-0.1, -0.05) is 29.4 Å². The second-order valence-corrected chi connectivity index (χ2v) is 7.94. The Morgan fingerprint density at radius 3 is 2.55 bits per heavy atom. The molecule has 1 unspecified atom stereocenters. The standard InChI is InChI=1S/C22H17N5O6/c1-22(2)19(30)27(21(31)32-22)16(17(28)15-11-7-3-6-10-14(11)33-26-15)18(29)25-20-23-12-8-4-5-9-13(12)24-20/h3-10,16H,1-2H3,(H2,23,24,25,29). The summed E-state index contributed by atoms with van der Waals surface area (Å²) < 4.78 is 10.3. The molecule has 11 nitrogen and oxygen atoms in total. The summed E-state index contributed by atoms with van der Waals surface area (Å²) >= 11 is 0. The van der Waals surface area contributed by atoms with Crippen LogP contribution in [0.25, 0.3) is 22.0 Å². The number of para-hydroxylation sites is 3. The van der Waals surface area contributed by atoms with Crippen molar-refractivity contribution in [2.45, 2.75) is 25.5 Å². The first kappa shape index (κ1) is 20.4. The van der Waals surface area contributed by atoms with Crippen LogP contribution in [0.15, 0.2) is 53.1 Å². The fourth-order valence-electron chi connectivity index (χ4n) is 3.65. The number of carbonyl (C=O) groups is 4. The molecule has 4 aromatic rings. The van der Waals surface area contributed by atoms with Crippen molar-refractivity contribution in [2.75, 3.05) is 5.32 Å². The number of nitrogens with zero attached hydrogens (tertiary/aromatic N) is 3. The van der Waals surface area contributed by atoms with E-state index in [0.717, 1.165) is 0 Å². The van der Waals surface area contributed by atoms with E-state index in [9.17, 15) is 19.2 Å². The molecule has 0 aliphatic carbocycles. The maximum Gasteiger partial charge on any atom is 0.418 e. The Kier molecular flexibility index (Phi) is 4.48. The van der Waals surface area contributed by atoms with Crippen LogP contribution in [0, 0.1) is 0 Å². The number of aromatic nitrogens is 3. The van der Waals surface area contributed by atoms with Gasteiger partial charge in [0.1, 0.15) is 0 Å². The molecule has 2 N–H and O–H groups in total. The number of hydrogen-bond donors (Lipinski definition) is 2. The number of ketones is 1. The van der Waals surface area contributed by atoms with E-state index in [2.05, 4.69) is 20.4 Å². The van der Waals surface area contributed by atoms with E-state index in [1.165, 1.54) is 13.8 Å². The fourth-order valence-corrected chi connectivity index (χ4v) is 3.65. The first-order valence-electron chi connectivity index (χ1n) is 9.97. The maximum absolute atomic E-state index is 13.5.